The monoisotopic (exact) mass is 704 g/mol. The quantitative estimate of drug-likeness (QED) is 0.0277. The molecule has 0 aliphatic heterocycles. The van der Waals surface area contributed by atoms with Gasteiger partial charge in [0.2, 0.25) is 12.3 Å². The van der Waals surface area contributed by atoms with Crippen LogP contribution < -0.4 is 20.7 Å². The Kier molecular flexibility index (Phi) is 17.0. The second kappa shape index (κ2) is 20.8. The van der Waals surface area contributed by atoms with Gasteiger partial charge < -0.3 is 39.3 Å². The Morgan fingerprint density at radius 3 is 2.26 bits per heavy atom. The lowest BCUT2D eigenvalue weighted by molar-refractivity contribution is -0.168. The summed E-state index contributed by atoms with van der Waals surface area (Å²) in [4.78, 5) is 86.0. The number of methoxy groups -OCH3 is 3. The Balaban J connectivity index is 2.22. The predicted molar refractivity (Wildman–Crippen MR) is 173 cm³/mol. The van der Waals surface area contributed by atoms with Gasteiger partial charge in [0.05, 0.1) is 51.9 Å². The van der Waals surface area contributed by atoms with Crippen LogP contribution in [0, 0.1) is 5.92 Å². The van der Waals surface area contributed by atoms with E-state index in [1.807, 2.05) is 6.92 Å². The molecule has 0 radical (unpaired) electrons. The Morgan fingerprint density at radius 1 is 0.920 bits per heavy atom. The number of hydrogen-bond acceptors (Lipinski definition) is 13. The summed E-state index contributed by atoms with van der Waals surface area (Å²) >= 11 is 0. The number of hydroxylamine groups is 2. The molecule has 0 saturated carbocycles. The number of carbonyl (C=O) groups excluding carboxylic acids is 7. The normalized spacial score (nSPS) is 12.4. The number of nitrogens with zero attached hydrogens (tertiary/aromatic N) is 1. The number of furan rings is 1. The van der Waals surface area contributed by atoms with E-state index in [9.17, 15) is 38.8 Å². The summed E-state index contributed by atoms with van der Waals surface area (Å²) in [6, 6.07) is 4.87. The van der Waals surface area contributed by atoms with Crippen LogP contribution in [0.15, 0.2) is 34.7 Å². The van der Waals surface area contributed by atoms with Gasteiger partial charge >= 0.3 is 17.9 Å². The number of rotatable bonds is 21. The van der Waals surface area contributed by atoms with Crippen molar-refractivity contribution < 1.29 is 62.1 Å². The number of ether oxygens (including phenoxy) is 4. The fraction of sp³-hybridized carbons (Fsp3) is 0.485. The molecule has 50 heavy (non-hydrogen) atoms. The van der Waals surface area contributed by atoms with E-state index in [4.69, 9.17) is 9.15 Å². The van der Waals surface area contributed by atoms with Crippen LogP contribution in [0.3, 0.4) is 0 Å². The van der Waals surface area contributed by atoms with E-state index < -0.39 is 66.7 Å². The van der Waals surface area contributed by atoms with Crippen LogP contribution in [0.1, 0.15) is 73.3 Å². The van der Waals surface area contributed by atoms with Crippen LogP contribution >= 0.6 is 0 Å². The molecule has 2 rings (SSSR count). The molecule has 2 unspecified atom stereocenters. The van der Waals surface area contributed by atoms with Crippen molar-refractivity contribution in [3.63, 3.8) is 0 Å². The highest BCUT2D eigenvalue weighted by molar-refractivity contribution is 6.00. The third kappa shape index (κ3) is 11.9. The molecule has 4 N–H and O–H groups in total. The lowest BCUT2D eigenvalue weighted by Crippen LogP contribution is -2.47. The summed E-state index contributed by atoms with van der Waals surface area (Å²) in [5, 5.41) is 18.0. The molecule has 17 nitrogen and oxygen atoms in total. The first-order valence-electron chi connectivity index (χ1n) is 15.8. The fourth-order valence-electron chi connectivity index (χ4n) is 4.89. The molecule has 0 spiro atoms. The number of carbonyl (C=O) groups is 7. The molecule has 0 fully saturated rings. The smallest absolute Gasteiger partial charge is 0.343 e. The standard InChI is InChI=1S/C33H44N4O13/c1-6-8-9-10-21(24(7-2)37(45)19-38)30(41)34-18-35-32(43)26-14-13-25(50-26)20-11-12-22(27(15-20)49-17-29(40)47-4)31(42)36-23(33(44)48-5)16-28(39)46-3/h11-15,19,21,23-24,45H,6-10,16-18H2,1-5H3,(H,34,41)(H,35,43)(H,36,42)/t21?,23?,24-/m1/s1. The molecule has 274 valence electrons. The van der Waals surface area contributed by atoms with Crippen molar-refractivity contribution in [1.29, 1.82) is 0 Å². The number of benzene rings is 1. The van der Waals surface area contributed by atoms with E-state index in [1.54, 1.807) is 6.92 Å². The van der Waals surface area contributed by atoms with Gasteiger partial charge in [-0.05, 0) is 37.1 Å². The van der Waals surface area contributed by atoms with Gasteiger partial charge in [-0.2, -0.15) is 0 Å². The number of hydrogen-bond donors (Lipinski definition) is 4. The number of unbranched alkanes of at least 4 members (excludes halogenated alkanes) is 2. The zero-order chi connectivity index (χ0) is 37.2. The Bertz CT molecular complexity index is 1490. The van der Waals surface area contributed by atoms with Gasteiger partial charge in [-0.3, -0.25) is 29.2 Å². The molecule has 0 saturated heterocycles. The summed E-state index contributed by atoms with van der Waals surface area (Å²) in [5.41, 5.74) is 0.213. The van der Waals surface area contributed by atoms with Crippen molar-refractivity contribution in [2.24, 2.45) is 5.92 Å². The summed E-state index contributed by atoms with van der Waals surface area (Å²) in [6.45, 7) is 2.92. The van der Waals surface area contributed by atoms with Crippen molar-refractivity contribution >= 4 is 42.0 Å². The topological polar surface area (TPSA) is 229 Å². The average molecular weight is 705 g/mol. The predicted octanol–water partition coefficient (Wildman–Crippen LogP) is 1.96. The van der Waals surface area contributed by atoms with E-state index in [0.717, 1.165) is 34.2 Å². The highest BCUT2D eigenvalue weighted by atomic mass is 16.6. The maximum atomic E-state index is 13.2. The van der Waals surface area contributed by atoms with Gasteiger partial charge in [-0.25, -0.2) is 14.7 Å². The van der Waals surface area contributed by atoms with Gasteiger partial charge in [-0.15, -0.1) is 0 Å². The van der Waals surface area contributed by atoms with E-state index >= 15 is 0 Å². The van der Waals surface area contributed by atoms with E-state index in [2.05, 4.69) is 30.2 Å². The largest absolute Gasteiger partial charge is 0.481 e. The van der Waals surface area contributed by atoms with Crippen LogP contribution in [0.5, 0.6) is 5.75 Å². The first-order chi connectivity index (χ1) is 23.9. The highest BCUT2D eigenvalue weighted by Crippen LogP contribution is 2.29. The molecule has 2 aromatic rings. The van der Waals surface area contributed by atoms with Gasteiger partial charge in [0.15, 0.2) is 12.4 Å². The minimum Gasteiger partial charge on any atom is -0.481 e. The van der Waals surface area contributed by atoms with E-state index in [-0.39, 0.29) is 35.9 Å². The van der Waals surface area contributed by atoms with Crippen molar-refractivity contribution in [3.05, 3.63) is 41.7 Å². The molecule has 4 amide bonds. The second-order valence-electron chi connectivity index (χ2n) is 10.9. The summed E-state index contributed by atoms with van der Waals surface area (Å²) in [5.74, 6) is -5.14. The fourth-order valence-corrected chi connectivity index (χ4v) is 4.89. The number of amides is 4. The third-order valence-electron chi connectivity index (χ3n) is 7.60. The summed E-state index contributed by atoms with van der Waals surface area (Å²) in [6.07, 6.45) is 3.02. The molecule has 3 atom stereocenters. The lowest BCUT2D eigenvalue weighted by atomic mass is 9.90. The van der Waals surface area contributed by atoms with E-state index in [1.165, 1.54) is 30.3 Å². The van der Waals surface area contributed by atoms with Crippen LogP contribution in [-0.4, -0.2) is 99.0 Å². The number of nitrogens with one attached hydrogen (secondary N) is 3. The Labute approximate surface area is 288 Å². The molecule has 17 heteroatoms. The first kappa shape index (κ1) is 40.7. The first-order valence-corrected chi connectivity index (χ1v) is 15.8. The SMILES string of the molecule is CCCCCC(C(=O)NCNC(=O)c1ccc(-c2ccc(C(=O)NC(CC(=O)OC)C(=O)OC)c(OCC(=O)OC)c2)o1)[C@@H](CC)N(O)C=O. The van der Waals surface area contributed by atoms with E-state index in [0.29, 0.717) is 29.9 Å². The maximum Gasteiger partial charge on any atom is 0.343 e. The molecule has 0 bridgehead atoms. The zero-order valence-corrected chi connectivity index (χ0v) is 28.6. The average Bonchev–Trinajstić information content (AvgIpc) is 3.63. The van der Waals surface area contributed by atoms with Crippen molar-refractivity contribution in [1.82, 2.24) is 21.0 Å². The van der Waals surface area contributed by atoms with Crippen molar-refractivity contribution in [3.8, 4) is 17.1 Å². The van der Waals surface area contributed by atoms with Gasteiger partial charge in [-0.1, -0.05) is 39.2 Å². The Morgan fingerprint density at radius 2 is 1.64 bits per heavy atom. The zero-order valence-electron chi connectivity index (χ0n) is 28.6. The summed E-state index contributed by atoms with van der Waals surface area (Å²) < 4.78 is 25.1. The molecule has 0 aliphatic carbocycles. The van der Waals surface area contributed by atoms with Crippen LogP contribution in [0.4, 0.5) is 0 Å². The maximum absolute atomic E-state index is 13.2. The molecule has 1 heterocycles. The van der Waals surface area contributed by atoms with Crippen molar-refractivity contribution in [2.45, 2.75) is 64.5 Å². The molecular formula is C33H44N4O13. The minimum atomic E-state index is -1.38. The molecule has 0 aliphatic rings. The molecular weight excluding hydrogens is 660 g/mol. The molecule has 1 aromatic carbocycles. The number of esters is 3. The van der Waals surface area contributed by atoms with Crippen molar-refractivity contribution in [2.75, 3.05) is 34.6 Å². The van der Waals surface area contributed by atoms with Gasteiger partial charge in [0, 0.05) is 5.56 Å². The lowest BCUT2D eigenvalue weighted by Gasteiger charge is -2.29. The Hall–Kier alpha value is -5.45. The van der Waals surface area contributed by atoms with Gasteiger partial charge in [0.25, 0.3) is 11.8 Å². The third-order valence-corrected chi connectivity index (χ3v) is 7.60. The van der Waals surface area contributed by atoms with Crippen LogP contribution in [-0.2, 0) is 38.2 Å². The second-order valence-corrected chi connectivity index (χ2v) is 10.9. The minimum absolute atomic E-state index is 0.118. The van der Waals surface area contributed by atoms with Crippen LogP contribution in [0.25, 0.3) is 11.3 Å². The van der Waals surface area contributed by atoms with Gasteiger partial charge in [0.1, 0.15) is 17.6 Å². The summed E-state index contributed by atoms with van der Waals surface area (Å²) in [7, 11) is 3.35. The highest BCUT2D eigenvalue weighted by Gasteiger charge is 2.31. The molecule has 1 aromatic heterocycles. The van der Waals surface area contributed by atoms with Crippen LogP contribution in [0.2, 0.25) is 0 Å².